The molecule has 1 N–H and O–H groups in total. The zero-order valence-corrected chi connectivity index (χ0v) is 18.2. The molecule has 0 spiro atoms. The van der Waals surface area contributed by atoms with E-state index >= 15 is 0 Å². The first-order valence-corrected chi connectivity index (χ1v) is 10.3. The summed E-state index contributed by atoms with van der Waals surface area (Å²) in [6, 6.07) is 17.9. The Morgan fingerprint density at radius 1 is 1.00 bits per heavy atom. The van der Waals surface area contributed by atoms with Crippen LogP contribution in [0.5, 0.6) is 5.75 Å². The average Bonchev–Trinajstić information content (AvgIpc) is 2.82. The van der Waals surface area contributed by atoms with Gasteiger partial charge in [-0.25, -0.2) is 9.69 Å². The van der Waals surface area contributed by atoms with Gasteiger partial charge in [-0.1, -0.05) is 35.9 Å². The molecule has 1 fully saturated rings. The number of nitrogens with one attached hydrogen (secondary N) is 1. The van der Waals surface area contributed by atoms with Gasteiger partial charge in [-0.2, -0.15) is 0 Å². The number of benzene rings is 3. The molecule has 4 amide bonds. The number of anilines is 1. The van der Waals surface area contributed by atoms with E-state index in [1.807, 2.05) is 0 Å². The highest BCUT2D eigenvalue weighted by atomic mass is 35.5. The molecule has 10 heteroatoms. The third-order valence-electron chi connectivity index (χ3n) is 4.90. The number of rotatable bonds is 6. The first-order chi connectivity index (χ1) is 16.3. The molecule has 1 saturated heterocycles. The van der Waals surface area contributed by atoms with Crippen molar-refractivity contribution in [3.05, 3.63) is 105 Å². The number of halogens is 1. The highest BCUT2D eigenvalue weighted by Crippen LogP contribution is 2.24. The molecular weight excluding hydrogens is 462 g/mol. The number of nitro groups is 1. The summed E-state index contributed by atoms with van der Waals surface area (Å²) in [5.41, 5.74) is 1.21. The number of imide groups is 2. The normalized spacial score (nSPS) is 14.8. The predicted octanol–water partition coefficient (Wildman–Crippen LogP) is 4.49. The van der Waals surface area contributed by atoms with Crippen molar-refractivity contribution >= 4 is 46.9 Å². The average molecular weight is 478 g/mol. The lowest BCUT2D eigenvalue weighted by atomic mass is 10.1. The Morgan fingerprint density at radius 3 is 2.38 bits per heavy atom. The fourth-order valence-corrected chi connectivity index (χ4v) is 3.36. The highest BCUT2D eigenvalue weighted by Gasteiger charge is 2.36. The Kier molecular flexibility index (Phi) is 6.37. The quantitative estimate of drug-likeness (QED) is 0.242. The van der Waals surface area contributed by atoms with Gasteiger partial charge >= 0.3 is 6.03 Å². The van der Waals surface area contributed by atoms with Crippen LogP contribution in [-0.2, 0) is 16.2 Å². The Hall–Kier alpha value is -4.50. The van der Waals surface area contributed by atoms with E-state index in [0.717, 1.165) is 4.90 Å². The first-order valence-electron chi connectivity index (χ1n) is 9.95. The number of urea groups is 1. The van der Waals surface area contributed by atoms with E-state index in [-0.39, 0.29) is 23.6 Å². The van der Waals surface area contributed by atoms with E-state index in [9.17, 15) is 24.5 Å². The molecule has 0 aromatic heterocycles. The van der Waals surface area contributed by atoms with Crippen LogP contribution in [0.15, 0.2) is 78.4 Å². The van der Waals surface area contributed by atoms with Crippen molar-refractivity contribution in [3.8, 4) is 5.75 Å². The Balaban J connectivity index is 1.49. The lowest BCUT2D eigenvalue weighted by molar-refractivity contribution is -0.384. The number of barbiturate groups is 1. The standard InChI is InChI=1S/C24H16ClN3O6/c25-17-6-8-18(9-7-17)27-23(30)21(22(29)26-24(27)31)13-15-4-10-20(11-5-15)34-14-16-2-1-3-19(12-16)28(32)33/h1-13H,14H2,(H,26,29,31)/b21-13+. The Labute approximate surface area is 198 Å². The summed E-state index contributed by atoms with van der Waals surface area (Å²) in [5, 5.41) is 13.5. The second-order valence-corrected chi connectivity index (χ2v) is 7.66. The maximum absolute atomic E-state index is 12.9. The lowest BCUT2D eigenvalue weighted by Crippen LogP contribution is -2.54. The fraction of sp³-hybridized carbons (Fsp3) is 0.0417. The summed E-state index contributed by atoms with van der Waals surface area (Å²) < 4.78 is 5.66. The molecule has 9 nitrogen and oxygen atoms in total. The van der Waals surface area contributed by atoms with Crippen LogP contribution in [0.4, 0.5) is 16.2 Å². The van der Waals surface area contributed by atoms with Crippen LogP contribution in [0.1, 0.15) is 11.1 Å². The van der Waals surface area contributed by atoms with Crippen LogP contribution in [0, 0.1) is 10.1 Å². The van der Waals surface area contributed by atoms with E-state index in [0.29, 0.717) is 21.9 Å². The Bertz CT molecular complexity index is 1320. The molecule has 170 valence electrons. The van der Waals surface area contributed by atoms with Crippen molar-refractivity contribution < 1.29 is 24.0 Å². The minimum Gasteiger partial charge on any atom is -0.489 e. The monoisotopic (exact) mass is 477 g/mol. The molecule has 0 atom stereocenters. The second kappa shape index (κ2) is 9.55. The van der Waals surface area contributed by atoms with E-state index < -0.39 is 22.8 Å². The summed E-state index contributed by atoms with van der Waals surface area (Å²) in [7, 11) is 0. The van der Waals surface area contributed by atoms with Gasteiger partial charge in [0, 0.05) is 17.2 Å². The van der Waals surface area contributed by atoms with Crippen LogP contribution in [0.2, 0.25) is 5.02 Å². The number of hydrogen-bond acceptors (Lipinski definition) is 6. The number of nitrogens with zero attached hydrogens (tertiary/aromatic N) is 2. The third kappa shape index (κ3) is 4.94. The number of carbonyl (C=O) groups is 3. The lowest BCUT2D eigenvalue weighted by Gasteiger charge is -2.26. The maximum atomic E-state index is 12.9. The van der Waals surface area contributed by atoms with Crippen LogP contribution < -0.4 is 15.0 Å². The SMILES string of the molecule is O=C1NC(=O)N(c2ccc(Cl)cc2)C(=O)/C1=C/c1ccc(OCc2cccc([N+](=O)[O-])c2)cc1. The van der Waals surface area contributed by atoms with Crippen molar-refractivity contribution in [3.63, 3.8) is 0 Å². The van der Waals surface area contributed by atoms with Gasteiger partial charge in [0.2, 0.25) is 0 Å². The molecule has 0 unspecified atom stereocenters. The predicted molar refractivity (Wildman–Crippen MR) is 124 cm³/mol. The van der Waals surface area contributed by atoms with E-state index in [2.05, 4.69) is 5.32 Å². The van der Waals surface area contributed by atoms with Crippen LogP contribution in [-0.4, -0.2) is 22.8 Å². The summed E-state index contributed by atoms with van der Waals surface area (Å²) >= 11 is 5.87. The van der Waals surface area contributed by atoms with E-state index in [4.69, 9.17) is 16.3 Å². The fourth-order valence-electron chi connectivity index (χ4n) is 3.24. The number of nitro benzene ring substituents is 1. The molecule has 4 rings (SSSR count). The number of amides is 4. The van der Waals surface area contributed by atoms with Gasteiger partial charge in [-0.15, -0.1) is 0 Å². The largest absolute Gasteiger partial charge is 0.489 e. The van der Waals surface area contributed by atoms with Gasteiger partial charge < -0.3 is 4.74 Å². The molecule has 34 heavy (non-hydrogen) atoms. The molecule has 0 aliphatic carbocycles. The van der Waals surface area contributed by atoms with Crippen LogP contribution in [0.3, 0.4) is 0 Å². The number of carbonyl (C=O) groups excluding carboxylic acids is 3. The van der Waals surface area contributed by atoms with E-state index in [1.54, 1.807) is 36.4 Å². The van der Waals surface area contributed by atoms with Gasteiger partial charge in [0.1, 0.15) is 17.9 Å². The van der Waals surface area contributed by atoms with E-state index in [1.165, 1.54) is 42.5 Å². The molecule has 3 aromatic carbocycles. The number of hydrogen-bond donors (Lipinski definition) is 1. The van der Waals surface area contributed by atoms with Crippen LogP contribution >= 0.6 is 11.6 Å². The molecule has 1 heterocycles. The Morgan fingerprint density at radius 2 is 1.71 bits per heavy atom. The maximum Gasteiger partial charge on any atom is 0.335 e. The molecule has 1 aliphatic rings. The van der Waals surface area contributed by atoms with Crippen molar-refractivity contribution in [1.29, 1.82) is 0 Å². The highest BCUT2D eigenvalue weighted by molar-refractivity contribution is 6.39. The van der Waals surface area contributed by atoms with Gasteiger partial charge in [0.25, 0.3) is 17.5 Å². The summed E-state index contributed by atoms with van der Waals surface area (Å²) in [5.74, 6) is -1.07. The van der Waals surface area contributed by atoms with Crippen molar-refractivity contribution in [2.24, 2.45) is 0 Å². The summed E-state index contributed by atoms with van der Waals surface area (Å²) in [6.45, 7) is 0.126. The molecule has 0 bridgehead atoms. The van der Waals surface area contributed by atoms with Crippen molar-refractivity contribution in [1.82, 2.24) is 5.32 Å². The third-order valence-corrected chi connectivity index (χ3v) is 5.16. The zero-order chi connectivity index (χ0) is 24.2. The number of non-ortho nitro benzene ring substituents is 1. The molecule has 3 aromatic rings. The summed E-state index contributed by atoms with van der Waals surface area (Å²) in [6.07, 6.45) is 1.37. The minimum absolute atomic E-state index is 0.0235. The molecule has 0 saturated carbocycles. The molecular formula is C24H16ClN3O6. The van der Waals surface area contributed by atoms with Crippen molar-refractivity contribution in [2.75, 3.05) is 4.90 Å². The summed E-state index contributed by atoms with van der Waals surface area (Å²) in [4.78, 5) is 48.7. The van der Waals surface area contributed by atoms with Gasteiger partial charge in [-0.3, -0.25) is 25.0 Å². The zero-order valence-electron chi connectivity index (χ0n) is 17.4. The van der Waals surface area contributed by atoms with Gasteiger partial charge in [0.15, 0.2) is 0 Å². The smallest absolute Gasteiger partial charge is 0.335 e. The minimum atomic E-state index is -0.848. The van der Waals surface area contributed by atoms with Crippen LogP contribution in [0.25, 0.3) is 6.08 Å². The van der Waals surface area contributed by atoms with Crippen molar-refractivity contribution in [2.45, 2.75) is 6.61 Å². The molecule has 0 radical (unpaired) electrons. The second-order valence-electron chi connectivity index (χ2n) is 7.22. The number of ether oxygens (including phenoxy) is 1. The molecule has 1 aliphatic heterocycles. The van der Waals surface area contributed by atoms with Gasteiger partial charge in [-0.05, 0) is 53.6 Å². The topological polar surface area (TPSA) is 119 Å². The van der Waals surface area contributed by atoms with Gasteiger partial charge in [0.05, 0.1) is 10.6 Å². The first kappa shape index (κ1) is 22.7.